The van der Waals surface area contributed by atoms with E-state index in [2.05, 4.69) is 0 Å². The van der Waals surface area contributed by atoms with Gasteiger partial charge in [0.05, 0.1) is 25.3 Å². The molecule has 0 fully saturated rings. The lowest BCUT2D eigenvalue weighted by Crippen LogP contribution is -2.02. The highest BCUT2D eigenvalue weighted by atomic mass is 19.2. The summed E-state index contributed by atoms with van der Waals surface area (Å²) in [6, 6.07) is 7.92. The Morgan fingerprint density at radius 2 is 0.838 bits per heavy atom. The Labute approximate surface area is 205 Å². The molecule has 0 saturated heterocycles. The molecule has 0 aliphatic rings. The molecule has 9 heteroatoms. The molecule has 5 rings (SSSR count). The third kappa shape index (κ3) is 3.73. The molecule has 0 aliphatic carbocycles. The van der Waals surface area contributed by atoms with Crippen molar-refractivity contribution in [2.75, 3.05) is 14.2 Å². The highest BCUT2D eigenvalue weighted by molar-refractivity contribution is 6.22. The van der Waals surface area contributed by atoms with Crippen molar-refractivity contribution in [2.45, 2.75) is 0 Å². The van der Waals surface area contributed by atoms with Crippen LogP contribution in [0.5, 0.6) is 11.5 Å². The summed E-state index contributed by atoms with van der Waals surface area (Å²) in [5.41, 5.74) is -2.85. The summed E-state index contributed by atoms with van der Waals surface area (Å²) < 4.78 is 117. The van der Waals surface area contributed by atoms with Crippen LogP contribution in [0.2, 0.25) is 0 Å². The van der Waals surface area contributed by atoms with Crippen LogP contribution in [0.25, 0.3) is 43.8 Å². The molecule has 5 aromatic rings. The number of ether oxygens (including phenoxy) is 2. The lowest BCUT2D eigenvalue weighted by atomic mass is 9.84. The summed E-state index contributed by atoms with van der Waals surface area (Å²) in [5, 5.41) is -2.31. The number of methoxy groups -OCH3 is 2. The predicted molar refractivity (Wildman–Crippen MR) is 125 cm³/mol. The first-order valence-corrected chi connectivity index (χ1v) is 10.8. The largest absolute Gasteiger partial charge is 0.497 e. The quantitative estimate of drug-likeness (QED) is 0.177. The monoisotopic (exact) mass is 516 g/mol. The molecular weight excluding hydrogens is 501 g/mol. The molecule has 0 radical (unpaired) electrons. The fourth-order valence-corrected chi connectivity index (χ4v) is 4.61. The zero-order valence-electron chi connectivity index (χ0n) is 19.2. The van der Waals surface area contributed by atoms with Crippen LogP contribution >= 0.6 is 0 Å². The fraction of sp³-hybridized carbons (Fsp3) is 0.0714. The maximum Gasteiger partial charge on any atom is 0.137 e. The summed E-state index contributed by atoms with van der Waals surface area (Å²) in [5.74, 6) is -8.74. The van der Waals surface area contributed by atoms with Gasteiger partial charge in [0.1, 0.15) is 52.2 Å². The molecule has 188 valence electrons. The van der Waals surface area contributed by atoms with Crippen molar-refractivity contribution < 1.29 is 40.2 Å². The van der Waals surface area contributed by atoms with Crippen LogP contribution in [0.15, 0.2) is 54.6 Å². The van der Waals surface area contributed by atoms with E-state index in [1.54, 1.807) is 0 Å². The average molecular weight is 516 g/mol. The molecule has 0 bridgehead atoms. The minimum Gasteiger partial charge on any atom is -0.497 e. The predicted octanol–water partition coefficient (Wildman–Crippen LogP) is 8.32. The van der Waals surface area contributed by atoms with E-state index in [1.165, 1.54) is 26.4 Å². The van der Waals surface area contributed by atoms with Gasteiger partial charge in [0.2, 0.25) is 0 Å². The molecule has 5 aromatic carbocycles. The zero-order chi connectivity index (χ0) is 26.6. The van der Waals surface area contributed by atoms with Gasteiger partial charge in [-0.2, -0.15) is 0 Å². The van der Waals surface area contributed by atoms with Crippen LogP contribution < -0.4 is 9.47 Å². The summed E-state index contributed by atoms with van der Waals surface area (Å²) >= 11 is 0. The SMILES string of the molecule is COc1cc(F)c(-c2c3cccc(F)c3c(-c3c(F)cc(OC)cc3F)c3c(F)ccc(F)c23)c(F)c1. The lowest BCUT2D eigenvalue weighted by Gasteiger charge is -2.20. The van der Waals surface area contributed by atoms with E-state index in [4.69, 9.17) is 9.47 Å². The molecule has 0 amide bonds. The fourth-order valence-electron chi connectivity index (χ4n) is 4.61. The van der Waals surface area contributed by atoms with E-state index in [0.29, 0.717) is 12.1 Å². The van der Waals surface area contributed by atoms with Gasteiger partial charge in [-0.3, -0.25) is 0 Å². The van der Waals surface area contributed by atoms with Gasteiger partial charge in [0, 0.05) is 51.6 Å². The average Bonchev–Trinajstić information content (AvgIpc) is 2.85. The van der Waals surface area contributed by atoms with Crippen LogP contribution in [-0.4, -0.2) is 14.2 Å². The van der Waals surface area contributed by atoms with Crippen molar-refractivity contribution >= 4 is 21.5 Å². The Morgan fingerprint density at radius 3 is 1.30 bits per heavy atom. The van der Waals surface area contributed by atoms with Gasteiger partial charge in [-0.15, -0.1) is 0 Å². The Bertz CT molecular complexity index is 1680. The summed E-state index contributed by atoms with van der Waals surface area (Å²) in [6.45, 7) is 0. The van der Waals surface area contributed by atoms with Gasteiger partial charge in [-0.1, -0.05) is 12.1 Å². The number of rotatable bonds is 4. The van der Waals surface area contributed by atoms with Crippen LogP contribution in [0, 0.1) is 40.7 Å². The standard InChI is InChI=1S/C28H15F7O2/c1-36-12-8-18(32)24(19(33)9-12)23-14-4-3-5-15(29)22(14)28(27-17(31)7-6-16(30)26(23)27)25-20(34)10-13(37-2)11-21(25)35/h3-11H,1-2H3. The highest BCUT2D eigenvalue weighted by Crippen LogP contribution is 2.49. The van der Waals surface area contributed by atoms with Gasteiger partial charge in [-0.05, 0) is 23.6 Å². The van der Waals surface area contributed by atoms with E-state index < -0.39 is 79.1 Å². The number of fused-ring (bicyclic) bond motifs is 2. The Morgan fingerprint density at radius 1 is 0.432 bits per heavy atom. The molecule has 0 atom stereocenters. The zero-order valence-corrected chi connectivity index (χ0v) is 19.2. The smallest absolute Gasteiger partial charge is 0.137 e. The van der Waals surface area contributed by atoms with Crippen LogP contribution in [0.4, 0.5) is 30.7 Å². The van der Waals surface area contributed by atoms with Gasteiger partial charge in [0.15, 0.2) is 0 Å². The molecular formula is C28H15F7O2. The van der Waals surface area contributed by atoms with Gasteiger partial charge >= 0.3 is 0 Å². The second kappa shape index (κ2) is 8.99. The van der Waals surface area contributed by atoms with Crippen molar-refractivity contribution in [2.24, 2.45) is 0 Å². The van der Waals surface area contributed by atoms with Crippen molar-refractivity contribution in [1.82, 2.24) is 0 Å². The molecule has 37 heavy (non-hydrogen) atoms. The summed E-state index contributed by atoms with van der Waals surface area (Å²) in [7, 11) is 2.34. The highest BCUT2D eigenvalue weighted by Gasteiger charge is 2.29. The van der Waals surface area contributed by atoms with E-state index in [9.17, 15) is 0 Å². The second-order valence-corrected chi connectivity index (χ2v) is 8.12. The first-order valence-electron chi connectivity index (χ1n) is 10.8. The first kappa shape index (κ1) is 24.4. The normalized spacial score (nSPS) is 11.4. The number of halogens is 7. The molecule has 2 nitrogen and oxygen atoms in total. The van der Waals surface area contributed by atoms with Gasteiger partial charge < -0.3 is 9.47 Å². The molecule has 0 aromatic heterocycles. The molecule has 0 N–H and O–H groups in total. The number of benzene rings is 5. The number of hydrogen-bond donors (Lipinski definition) is 0. The van der Waals surface area contributed by atoms with Crippen LogP contribution in [0.1, 0.15) is 0 Å². The van der Waals surface area contributed by atoms with Crippen LogP contribution in [-0.2, 0) is 0 Å². The van der Waals surface area contributed by atoms with Crippen LogP contribution in [0.3, 0.4) is 0 Å². The Kier molecular flexibility index (Phi) is 5.94. The van der Waals surface area contributed by atoms with E-state index >= 15 is 30.7 Å². The molecule has 0 heterocycles. The maximum atomic E-state index is 15.4. The van der Waals surface area contributed by atoms with Gasteiger partial charge in [-0.25, -0.2) is 30.7 Å². The Balaban J connectivity index is 2.10. The first-order chi connectivity index (χ1) is 17.7. The molecule has 0 spiro atoms. The van der Waals surface area contributed by atoms with Crippen molar-refractivity contribution in [3.8, 4) is 33.8 Å². The minimum atomic E-state index is -1.25. The number of hydrogen-bond acceptors (Lipinski definition) is 2. The minimum absolute atomic E-state index is 0.191. The van der Waals surface area contributed by atoms with E-state index in [-0.39, 0.29) is 16.9 Å². The van der Waals surface area contributed by atoms with Crippen molar-refractivity contribution in [1.29, 1.82) is 0 Å². The van der Waals surface area contributed by atoms with Crippen molar-refractivity contribution in [3.05, 3.63) is 95.3 Å². The molecule has 0 unspecified atom stereocenters. The van der Waals surface area contributed by atoms with Crippen molar-refractivity contribution in [3.63, 3.8) is 0 Å². The van der Waals surface area contributed by atoms with E-state index in [0.717, 1.165) is 30.3 Å². The van der Waals surface area contributed by atoms with E-state index in [1.807, 2.05) is 0 Å². The van der Waals surface area contributed by atoms with Gasteiger partial charge in [0.25, 0.3) is 0 Å². The Hall–Kier alpha value is -4.27. The molecule has 0 aliphatic heterocycles. The third-order valence-corrected chi connectivity index (χ3v) is 6.14. The lowest BCUT2D eigenvalue weighted by molar-refractivity contribution is 0.407. The summed E-state index contributed by atoms with van der Waals surface area (Å²) in [6.07, 6.45) is 0. The molecule has 0 saturated carbocycles. The second-order valence-electron chi connectivity index (χ2n) is 8.12. The third-order valence-electron chi connectivity index (χ3n) is 6.14. The maximum absolute atomic E-state index is 15.4. The topological polar surface area (TPSA) is 18.5 Å². The summed E-state index contributed by atoms with van der Waals surface area (Å²) in [4.78, 5) is 0.